The number of benzene rings is 2. The zero-order valence-electron chi connectivity index (χ0n) is 18.4. The van der Waals surface area contributed by atoms with Crippen molar-refractivity contribution in [2.45, 2.75) is 31.9 Å². The highest BCUT2D eigenvalue weighted by atomic mass is 16.6. The summed E-state index contributed by atoms with van der Waals surface area (Å²) < 4.78 is 17.6. The molecule has 2 aromatic carbocycles. The molecule has 3 aromatic rings. The van der Waals surface area contributed by atoms with Gasteiger partial charge in [-0.15, -0.1) is 5.10 Å². The number of aromatic nitrogens is 3. The van der Waals surface area contributed by atoms with Crippen LogP contribution in [0.25, 0.3) is 0 Å². The van der Waals surface area contributed by atoms with Gasteiger partial charge in [0.05, 0.1) is 19.4 Å². The van der Waals surface area contributed by atoms with Gasteiger partial charge < -0.3 is 19.3 Å². The van der Waals surface area contributed by atoms with Crippen LogP contribution in [0.1, 0.15) is 41.4 Å². The van der Waals surface area contributed by atoms with Crippen molar-refractivity contribution in [3.8, 4) is 5.75 Å². The first kappa shape index (κ1) is 23.4. The number of carbonyl (C=O) groups is 1. The molecule has 1 unspecified atom stereocenters. The Labute approximate surface area is 187 Å². The largest absolute Gasteiger partial charge is 0.493 e. The number of ether oxygens (including phenoxy) is 3. The lowest BCUT2D eigenvalue weighted by Crippen LogP contribution is -2.23. The molecule has 0 spiro atoms. The highest BCUT2D eigenvalue weighted by Crippen LogP contribution is 2.27. The van der Waals surface area contributed by atoms with Crippen LogP contribution in [0, 0.1) is 0 Å². The molecule has 3 rings (SSSR count). The number of nitrogens with zero attached hydrogens (tertiary/aromatic N) is 3. The summed E-state index contributed by atoms with van der Waals surface area (Å²) in [6.07, 6.45) is 3.33. The normalized spacial score (nSPS) is 12.8. The van der Waals surface area contributed by atoms with Gasteiger partial charge in [-0.2, -0.15) is 0 Å². The van der Waals surface area contributed by atoms with Gasteiger partial charge in [0.25, 0.3) is 0 Å². The molecule has 0 radical (unpaired) electrons. The van der Waals surface area contributed by atoms with Gasteiger partial charge in [0.2, 0.25) is 0 Å². The Bertz CT molecular complexity index is 988. The van der Waals surface area contributed by atoms with E-state index in [1.165, 1.54) is 0 Å². The number of unbranched alkanes of at least 4 members (excludes halogenated alkanes) is 1. The quantitative estimate of drug-likeness (QED) is 0.342. The molecule has 8 nitrogen and oxygen atoms in total. The first-order valence-corrected chi connectivity index (χ1v) is 10.6. The van der Waals surface area contributed by atoms with Crippen LogP contribution in [0.4, 0.5) is 0 Å². The maximum Gasteiger partial charge on any atom is 0.342 e. The molecule has 0 amide bonds. The Balaban J connectivity index is 1.47. The molecular weight excluding hydrogens is 410 g/mol. The van der Waals surface area contributed by atoms with Gasteiger partial charge in [0, 0.05) is 13.7 Å². The molecule has 0 fully saturated rings. The number of rotatable bonds is 12. The molecule has 0 aliphatic carbocycles. The first-order chi connectivity index (χ1) is 15.5. The van der Waals surface area contributed by atoms with E-state index in [4.69, 9.17) is 14.2 Å². The minimum atomic E-state index is -1.20. The van der Waals surface area contributed by atoms with E-state index in [9.17, 15) is 9.90 Å². The lowest BCUT2D eigenvalue weighted by atomic mass is 9.93. The van der Waals surface area contributed by atoms with Crippen LogP contribution in [-0.4, -0.2) is 53.0 Å². The SMILES string of the molecule is COCCOC(=O)c1ccccc1OCCCCn1cc(C(C)(O)c2ccccc2)nn1. The fourth-order valence-corrected chi connectivity index (χ4v) is 3.16. The van der Waals surface area contributed by atoms with Crippen LogP contribution < -0.4 is 4.74 Å². The lowest BCUT2D eigenvalue weighted by Gasteiger charge is -2.20. The summed E-state index contributed by atoms with van der Waals surface area (Å²) in [5.74, 6) is 0.0649. The number of esters is 1. The maximum absolute atomic E-state index is 12.2. The van der Waals surface area contributed by atoms with Crippen molar-refractivity contribution in [1.29, 1.82) is 0 Å². The van der Waals surface area contributed by atoms with Crippen LogP contribution >= 0.6 is 0 Å². The van der Waals surface area contributed by atoms with Crippen LogP contribution in [0.3, 0.4) is 0 Å². The molecule has 0 saturated carbocycles. The third-order valence-corrected chi connectivity index (χ3v) is 5.04. The third kappa shape index (κ3) is 6.15. The van der Waals surface area contributed by atoms with E-state index in [1.807, 2.05) is 36.4 Å². The van der Waals surface area contributed by atoms with Crippen molar-refractivity contribution in [3.05, 3.63) is 77.6 Å². The molecule has 0 aliphatic heterocycles. The standard InChI is InChI=1S/C24H29N3O5/c1-24(29,19-10-4-3-5-11-19)22-18-27(26-25-22)14-8-9-15-31-21-13-7-6-12-20(21)23(28)32-17-16-30-2/h3-7,10-13,18,29H,8-9,14-17H2,1-2H3. The summed E-state index contributed by atoms with van der Waals surface area (Å²) >= 11 is 0. The number of methoxy groups -OCH3 is 1. The van der Waals surface area contributed by atoms with E-state index in [1.54, 1.807) is 43.1 Å². The summed E-state index contributed by atoms with van der Waals surface area (Å²) in [5.41, 5.74) is 0.456. The molecule has 170 valence electrons. The Morgan fingerprint density at radius 3 is 2.56 bits per heavy atom. The number of hydrogen-bond acceptors (Lipinski definition) is 7. The third-order valence-electron chi connectivity index (χ3n) is 5.04. The second-order valence-electron chi connectivity index (χ2n) is 7.49. The molecule has 32 heavy (non-hydrogen) atoms. The molecular formula is C24H29N3O5. The van der Waals surface area contributed by atoms with Crippen molar-refractivity contribution >= 4 is 5.97 Å². The van der Waals surface area contributed by atoms with Gasteiger partial charge >= 0.3 is 5.97 Å². The maximum atomic E-state index is 12.2. The van der Waals surface area contributed by atoms with E-state index in [0.29, 0.717) is 36.8 Å². The highest BCUT2D eigenvalue weighted by molar-refractivity contribution is 5.92. The van der Waals surface area contributed by atoms with Crippen molar-refractivity contribution < 1.29 is 24.1 Å². The Hall–Kier alpha value is -3.23. The van der Waals surface area contributed by atoms with Crippen molar-refractivity contribution in [3.63, 3.8) is 0 Å². The smallest absolute Gasteiger partial charge is 0.342 e. The van der Waals surface area contributed by atoms with Gasteiger partial charge in [0.15, 0.2) is 0 Å². The summed E-state index contributed by atoms with van der Waals surface area (Å²) in [5, 5.41) is 19.1. The number of para-hydroxylation sites is 1. The predicted octanol–water partition coefficient (Wildman–Crippen LogP) is 3.20. The average molecular weight is 440 g/mol. The second-order valence-corrected chi connectivity index (χ2v) is 7.49. The molecule has 1 aromatic heterocycles. The minimum absolute atomic E-state index is 0.195. The molecule has 8 heteroatoms. The van der Waals surface area contributed by atoms with Gasteiger partial charge in [-0.3, -0.25) is 4.68 Å². The monoisotopic (exact) mass is 439 g/mol. The molecule has 0 bridgehead atoms. The highest BCUT2D eigenvalue weighted by Gasteiger charge is 2.28. The summed E-state index contributed by atoms with van der Waals surface area (Å²) in [4.78, 5) is 12.2. The van der Waals surface area contributed by atoms with Crippen LogP contribution in [0.15, 0.2) is 60.8 Å². The minimum Gasteiger partial charge on any atom is -0.493 e. The van der Waals surface area contributed by atoms with Gasteiger partial charge in [-0.05, 0) is 37.5 Å². The van der Waals surface area contributed by atoms with Gasteiger partial charge in [-0.1, -0.05) is 47.7 Å². The van der Waals surface area contributed by atoms with E-state index in [0.717, 1.165) is 18.4 Å². The zero-order chi connectivity index (χ0) is 22.8. The topological polar surface area (TPSA) is 95.7 Å². The molecule has 0 saturated heterocycles. The molecule has 1 heterocycles. The Morgan fingerprint density at radius 1 is 1.03 bits per heavy atom. The molecule has 1 atom stereocenters. The number of aryl methyl sites for hydroxylation is 1. The van der Waals surface area contributed by atoms with Crippen molar-refractivity contribution in [2.75, 3.05) is 26.9 Å². The van der Waals surface area contributed by atoms with Crippen LogP contribution in [-0.2, 0) is 21.6 Å². The number of aliphatic hydroxyl groups is 1. The summed E-state index contributed by atoms with van der Waals surface area (Å²) in [6, 6.07) is 16.4. The lowest BCUT2D eigenvalue weighted by molar-refractivity contribution is 0.0384. The van der Waals surface area contributed by atoms with Crippen LogP contribution in [0.2, 0.25) is 0 Å². The van der Waals surface area contributed by atoms with E-state index in [2.05, 4.69) is 10.3 Å². The number of carbonyl (C=O) groups excluding carboxylic acids is 1. The molecule has 1 N–H and O–H groups in total. The predicted molar refractivity (Wildman–Crippen MR) is 118 cm³/mol. The molecule has 0 aliphatic rings. The zero-order valence-corrected chi connectivity index (χ0v) is 18.4. The Kier molecular flexibility index (Phi) is 8.35. The first-order valence-electron chi connectivity index (χ1n) is 10.6. The fraction of sp³-hybridized carbons (Fsp3) is 0.375. The van der Waals surface area contributed by atoms with Gasteiger partial charge in [0.1, 0.15) is 29.2 Å². The Morgan fingerprint density at radius 2 is 1.78 bits per heavy atom. The van der Waals surface area contributed by atoms with E-state index < -0.39 is 11.6 Å². The van der Waals surface area contributed by atoms with Crippen LogP contribution in [0.5, 0.6) is 5.75 Å². The van der Waals surface area contributed by atoms with E-state index >= 15 is 0 Å². The van der Waals surface area contributed by atoms with Crippen molar-refractivity contribution in [1.82, 2.24) is 15.0 Å². The number of hydrogen-bond donors (Lipinski definition) is 1. The summed E-state index contributed by atoms with van der Waals surface area (Å²) in [6.45, 7) is 3.34. The average Bonchev–Trinajstić information content (AvgIpc) is 3.30. The fourth-order valence-electron chi connectivity index (χ4n) is 3.16. The summed E-state index contributed by atoms with van der Waals surface area (Å²) in [7, 11) is 1.55. The van der Waals surface area contributed by atoms with Crippen molar-refractivity contribution in [2.24, 2.45) is 0 Å². The van der Waals surface area contributed by atoms with Gasteiger partial charge in [-0.25, -0.2) is 4.79 Å². The van der Waals surface area contributed by atoms with E-state index in [-0.39, 0.29) is 6.61 Å². The second kappa shape index (κ2) is 11.4.